The minimum absolute atomic E-state index is 0.00343. The van der Waals surface area contributed by atoms with Crippen molar-refractivity contribution >= 4 is 82.3 Å². The quantitative estimate of drug-likeness (QED) is 0.404. The predicted octanol–water partition coefficient (Wildman–Crippen LogP) is 7.06. The highest BCUT2D eigenvalue weighted by molar-refractivity contribution is 9.13. The van der Waals surface area contributed by atoms with Gasteiger partial charge in [0, 0.05) is 25.0 Å². The lowest BCUT2D eigenvalue weighted by molar-refractivity contribution is 1.22. The lowest BCUT2D eigenvalue weighted by Crippen LogP contribution is -1.92. The van der Waals surface area contributed by atoms with E-state index in [9.17, 15) is 0 Å². The molecule has 6 heteroatoms. The van der Waals surface area contributed by atoms with Gasteiger partial charge in [0.2, 0.25) is 0 Å². The third kappa shape index (κ3) is 3.10. The highest BCUT2D eigenvalue weighted by Gasteiger charge is 2.20. The van der Waals surface area contributed by atoms with Gasteiger partial charge < -0.3 is 0 Å². The molecule has 1 heterocycles. The zero-order valence-electron chi connectivity index (χ0n) is 8.18. The van der Waals surface area contributed by atoms with Crippen molar-refractivity contribution in [2.24, 2.45) is 0 Å². The third-order valence-electron chi connectivity index (χ3n) is 2.17. The molecule has 0 radical (unpaired) electrons. The zero-order valence-corrected chi connectivity index (χ0v) is 15.3. The fraction of sp³-hybridized carbons (Fsp3) is 0.0909. The molecule has 17 heavy (non-hydrogen) atoms. The van der Waals surface area contributed by atoms with E-state index in [0.717, 1.165) is 18.7 Å². The van der Waals surface area contributed by atoms with Crippen LogP contribution in [0.3, 0.4) is 0 Å². The van der Waals surface area contributed by atoms with Crippen LogP contribution in [0.1, 0.15) is 15.3 Å². The second-order valence-corrected chi connectivity index (χ2v) is 8.25. The molecule has 0 bridgehead atoms. The molecule has 1 aromatic heterocycles. The maximum atomic E-state index is 6.19. The van der Waals surface area contributed by atoms with E-state index in [0.29, 0.717) is 10.0 Å². The molecular weight excluding hydrogens is 475 g/mol. The summed E-state index contributed by atoms with van der Waals surface area (Å²) in [6.07, 6.45) is 0. The summed E-state index contributed by atoms with van der Waals surface area (Å²) in [5.41, 5.74) is 0.900. The van der Waals surface area contributed by atoms with Crippen LogP contribution >= 0.6 is 82.3 Å². The minimum atomic E-state index is -0.00343. The first kappa shape index (κ1) is 14.4. The van der Waals surface area contributed by atoms with E-state index in [2.05, 4.69) is 47.8 Å². The fourth-order valence-corrected chi connectivity index (χ4v) is 5.25. The van der Waals surface area contributed by atoms with Crippen LogP contribution < -0.4 is 0 Å². The fourth-order valence-electron chi connectivity index (χ4n) is 1.38. The number of thiophene rings is 1. The van der Waals surface area contributed by atoms with Crippen molar-refractivity contribution in [3.8, 4) is 0 Å². The first-order valence-corrected chi connectivity index (χ1v) is 8.61. The van der Waals surface area contributed by atoms with Gasteiger partial charge in [0.05, 0.1) is 8.61 Å². The number of halogens is 5. The number of hydrogen-bond acceptors (Lipinski definition) is 1. The Morgan fingerprint density at radius 2 is 1.71 bits per heavy atom. The highest BCUT2D eigenvalue weighted by atomic mass is 79.9. The topological polar surface area (TPSA) is 0 Å². The maximum absolute atomic E-state index is 6.19. The van der Waals surface area contributed by atoms with Crippen LogP contribution in [0.2, 0.25) is 10.0 Å². The van der Waals surface area contributed by atoms with Crippen molar-refractivity contribution in [2.45, 2.75) is 4.83 Å². The summed E-state index contributed by atoms with van der Waals surface area (Å²) in [6.45, 7) is 0. The van der Waals surface area contributed by atoms with E-state index >= 15 is 0 Å². The average Bonchev–Trinajstić information content (AvgIpc) is 2.59. The Balaban J connectivity index is 2.47. The van der Waals surface area contributed by atoms with Gasteiger partial charge in [-0.05, 0) is 50.1 Å². The van der Waals surface area contributed by atoms with Gasteiger partial charge in [-0.3, -0.25) is 0 Å². The molecule has 90 valence electrons. The van der Waals surface area contributed by atoms with E-state index in [4.69, 9.17) is 23.2 Å². The minimum Gasteiger partial charge on any atom is -0.131 e. The normalized spacial score (nSPS) is 12.8. The van der Waals surface area contributed by atoms with Gasteiger partial charge >= 0.3 is 0 Å². The first-order chi connectivity index (χ1) is 8.00. The smallest absolute Gasteiger partial charge is 0.0843 e. The van der Waals surface area contributed by atoms with Gasteiger partial charge in [-0.1, -0.05) is 45.2 Å². The second-order valence-electron chi connectivity index (χ2n) is 3.27. The van der Waals surface area contributed by atoms with Crippen LogP contribution in [-0.4, -0.2) is 0 Å². The molecule has 0 aliphatic carbocycles. The summed E-state index contributed by atoms with van der Waals surface area (Å²) in [6, 6.07) is 7.57. The molecule has 0 saturated heterocycles. The summed E-state index contributed by atoms with van der Waals surface area (Å²) in [5, 5.41) is 1.33. The van der Waals surface area contributed by atoms with Crippen molar-refractivity contribution in [1.82, 2.24) is 0 Å². The maximum Gasteiger partial charge on any atom is 0.0843 e. The van der Waals surface area contributed by atoms with Crippen LogP contribution in [0.25, 0.3) is 0 Å². The SMILES string of the molecule is Clc1cccc(Cl)c1C(Br)c1cc(Br)c(Br)s1. The van der Waals surface area contributed by atoms with E-state index < -0.39 is 0 Å². The molecule has 0 aliphatic rings. The van der Waals surface area contributed by atoms with E-state index in [1.54, 1.807) is 11.3 Å². The van der Waals surface area contributed by atoms with Gasteiger partial charge in [-0.2, -0.15) is 0 Å². The van der Waals surface area contributed by atoms with Crippen LogP contribution in [0.5, 0.6) is 0 Å². The van der Waals surface area contributed by atoms with Gasteiger partial charge in [-0.15, -0.1) is 11.3 Å². The average molecular weight is 480 g/mol. The van der Waals surface area contributed by atoms with Crippen LogP contribution in [0.4, 0.5) is 0 Å². The van der Waals surface area contributed by atoms with Crippen LogP contribution in [0, 0.1) is 0 Å². The number of hydrogen-bond donors (Lipinski definition) is 0. The molecule has 0 N–H and O–H groups in total. The Morgan fingerprint density at radius 3 is 2.18 bits per heavy atom. The molecule has 2 rings (SSSR count). The van der Waals surface area contributed by atoms with Crippen LogP contribution in [-0.2, 0) is 0 Å². The Labute approximate surface area is 139 Å². The first-order valence-electron chi connectivity index (χ1n) is 4.53. The molecule has 1 atom stereocenters. The summed E-state index contributed by atoms with van der Waals surface area (Å²) in [5.74, 6) is 0. The monoisotopic (exact) mass is 476 g/mol. The van der Waals surface area contributed by atoms with Crippen LogP contribution in [0.15, 0.2) is 32.5 Å². The summed E-state index contributed by atoms with van der Waals surface area (Å²) >= 11 is 24.6. The molecule has 0 aliphatic heterocycles. The molecule has 0 amide bonds. The lowest BCUT2D eigenvalue weighted by Gasteiger charge is -2.12. The lowest BCUT2D eigenvalue weighted by atomic mass is 10.1. The molecule has 1 unspecified atom stereocenters. The molecule has 2 aromatic rings. The summed E-state index contributed by atoms with van der Waals surface area (Å²) in [4.78, 5) is 1.13. The van der Waals surface area contributed by atoms with Gasteiger partial charge in [0.1, 0.15) is 0 Å². The largest absolute Gasteiger partial charge is 0.131 e. The third-order valence-corrected chi connectivity index (χ3v) is 7.40. The van der Waals surface area contributed by atoms with Crippen molar-refractivity contribution in [3.05, 3.63) is 53.0 Å². The molecule has 0 spiro atoms. The van der Waals surface area contributed by atoms with Crippen molar-refractivity contribution < 1.29 is 0 Å². The Morgan fingerprint density at radius 1 is 1.12 bits per heavy atom. The van der Waals surface area contributed by atoms with Crippen molar-refractivity contribution in [3.63, 3.8) is 0 Å². The highest BCUT2D eigenvalue weighted by Crippen LogP contribution is 2.45. The number of alkyl halides is 1. The molecule has 0 nitrogen and oxygen atoms in total. The van der Waals surface area contributed by atoms with E-state index in [-0.39, 0.29) is 4.83 Å². The molecule has 0 fully saturated rings. The molecular formula is C11H5Br3Cl2S. The zero-order chi connectivity index (χ0) is 12.6. The van der Waals surface area contributed by atoms with Gasteiger partial charge in [0.15, 0.2) is 0 Å². The van der Waals surface area contributed by atoms with Gasteiger partial charge in [-0.25, -0.2) is 0 Å². The second kappa shape index (κ2) is 5.93. The number of rotatable bonds is 2. The summed E-state index contributed by atoms with van der Waals surface area (Å²) in [7, 11) is 0. The van der Waals surface area contributed by atoms with Crippen molar-refractivity contribution in [1.29, 1.82) is 0 Å². The van der Waals surface area contributed by atoms with Gasteiger partial charge in [0.25, 0.3) is 0 Å². The Kier molecular flexibility index (Phi) is 5.01. The molecule has 1 aromatic carbocycles. The standard InChI is InChI=1S/C11H5Br3Cl2S/c12-5-4-8(17-11(5)14)10(13)9-6(15)2-1-3-7(9)16/h1-4,10H. The van der Waals surface area contributed by atoms with E-state index in [1.165, 1.54) is 0 Å². The summed E-state index contributed by atoms with van der Waals surface area (Å²) < 4.78 is 2.09. The predicted molar refractivity (Wildman–Crippen MR) is 87.0 cm³/mol. The number of benzene rings is 1. The Bertz CT molecular complexity index is 514. The van der Waals surface area contributed by atoms with Crippen molar-refractivity contribution in [2.75, 3.05) is 0 Å². The Hall–Kier alpha value is 0.940. The molecule has 0 saturated carbocycles. The van der Waals surface area contributed by atoms with E-state index in [1.807, 2.05) is 24.3 Å².